The van der Waals surface area contributed by atoms with Crippen molar-refractivity contribution in [2.75, 3.05) is 11.9 Å². The van der Waals surface area contributed by atoms with Crippen molar-refractivity contribution in [2.45, 2.75) is 46.5 Å². The second-order valence-electron chi connectivity index (χ2n) is 10.2. The van der Waals surface area contributed by atoms with Crippen LogP contribution in [-0.4, -0.2) is 30.5 Å². The third kappa shape index (κ3) is 8.41. The number of nitrogens with one attached hydrogen (secondary N) is 1. The minimum atomic E-state index is -2.76. The maximum Gasteiger partial charge on any atom is 0.272 e. The van der Waals surface area contributed by atoms with E-state index in [1.54, 1.807) is 45.0 Å². The molecule has 0 aromatic heterocycles. The molecule has 3 aromatic rings. The number of ether oxygens (including phenoxy) is 1. The van der Waals surface area contributed by atoms with E-state index in [-0.39, 0.29) is 46.9 Å². The number of rotatable bonds is 11. The first-order chi connectivity index (χ1) is 18.8. The van der Waals surface area contributed by atoms with Gasteiger partial charge >= 0.3 is 0 Å². The summed E-state index contributed by atoms with van der Waals surface area (Å²) in [5.74, 6) is -2.20. The Bertz CT molecular complexity index is 1410. The quantitative estimate of drug-likeness (QED) is 0.215. The first kappa shape index (κ1) is 31.4. The van der Waals surface area contributed by atoms with E-state index in [9.17, 15) is 27.6 Å². The lowest BCUT2D eigenvalue weighted by atomic mass is 9.87. The van der Waals surface area contributed by atoms with E-state index in [0.29, 0.717) is 16.8 Å². The van der Waals surface area contributed by atoms with E-state index in [2.05, 4.69) is 21.2 Å². The number of anilines is 1. The zero-order valence-corrected chi connectivity index (χ0v) is 24.5. The summed E-state index contributed by atoms with van der Waals surface area (Å²) in [5.41, 5.74) is 0.298. The van der Waals surface area contributed by atoms with Crippen LogP contribution in [0.4, 0.5) is 18.9 Å². The Hall–Kier alpha value is -3.17. The molecule has 40 heavy (non-hydrogen) atoms. The Labute approximate surface area is 244 Å². The molecular weight excluding hydrogens is 611 g/mol. The van der Waals surface area contributed by atoms with E-state index in [1.165, 1.54) is 24.3 Å². The minimum absolute atomic E-state index is 0.00358. The maximum absolute atomic E-state index is 14.8. The van der Waals surface area contributed by atoms with Gasteiger partial charge in [0.15, 0.2) is 5.78 Å². The molecule has 0 unspecified atom stereocenters. The van der Waals surface area contributed by atoms with Gasteiger partial charge in [0.05, 0.1) is 16.1 Å². The van der Waals surface area contributed by atoms with Crippen LogP contribution in [-0.2, 0) is 17.6 Å². The zero-order chi connectivity index (χ0) is 29.6. The molecule has 5 nitrogen and oxygen atoms in total. The lowest BCUT2D eigenvalue weighted by Gasteiger charge is -2.17. The highest BCUT2D eigenvalue weighted by Gasteiger charge is 2.24. The van der Waals surface area contributed by atoms with Gasteiger partial charge in [0, 0.05) is 28.4 Å². The number of benzene rings is 3. The van der Waals surface area contributed by atoms with Crippen LogP contribution < -0.4 is 10.1 Å². The number of halogens is 5. The van der Waals surface area contributed by atoms with Crippen LogP contribution in [0.5, 0.6) is 5.75 Å². The molecule has 3 aromatic carbocycles. The van der Waals surface area contributed by atoms with Crippen LogP contribution in [0.3, 0.4) is 0 Å². The van der Waals surface area contributed by atoms with Gasteiger partial charge in [0.1, 0.15) is 24.0 Å². The van der Waals surface area contributed by atoms with Gasteiger partial charge in [-0.25, -0.2) is 13.2 Å². The molecule has 10 heteroatoms. The summed E-state index contributed by atoms with van der Waals surface area (Å²) in [6.45, 7) is 4.47. The van der Waals surface area contributed by atoms with Crippen molar-refractivity contribution < 1.29 is 32.3 Å². The zero-order valence-electron chi connectivity index (χ0n) is 22.1. The van der Waals surface area contributed by atoms with Gasteiger partial charge in [-0.3, -0.25) is 14.4 Å². The number of amides is 1. The molecule has 0 fully saturated rings. The summed E-state index contributed by atoms with van der Waals surface area (Å²) < 4.78 is 46.3. The Morgan fingerprint density at radius 2 is 1.70 bits per heavy atom. The number of hydrogen-bond acceptors (Lipinski definition) is 4. The predicted octanol–water partition coefficient (Wildman–Crippen LogP) is 8.11. The molecule has 0 aliphatic rings. The van der Waals surface area contributed by atoms with Gasteiger partial charge in [-0.05, 0) is 60.0 Å². The van der Waals surface area contributed by atoms with Crippen LogP contribution >= 0.6 is 27.5 Å². The third-order valence-electron chi connectivity index (χ3n) is 6.03. The summed E-state index contributed by atoms with van der Waals surface area (Å²) >= 11 is 9.73. The lowest BCUT2D eigenvalue weighted by Crippen LogP contribution is -2.20. The number of carbonyl (C=O) groups excluding carboxylic acids is 3. The molecule has 3 rings (SSSR count). The van der Waals surface area contributed by atoms with Gasteiger partial charge in [-0.15, -0.1) is 0 Å². The van der Waals surface area contributed by atoms with Gasteiger partial charge in [-0.1, -0.05) is 60.4 Å². The minimum Gasteiger partial charge on any atom is -0.487 e. The standard InChI is InChI=1S/C30H28BrClF3NO4/c1-30(2,3)25(38)13-6-18-5-11-22(33)27(28(18)32)23(37)15-17-4-12-24(40-16-26(34)35)21(14-17)29(39)36-20-9-7-19(31)8-10-20/h4-5,7-12,14,26H,6,13,15-16H2,1-3H3,(H,36,39). The number of carbonyl (C=O) groups is 3. The topological polar surface area (TPSA) is 72.5 Å². The van der Waals surface area contributed by atoms with E-state index >= 15 is 0 Å². The monoisotopic (exact) mass is 637 g/mol. The molecule has 1 N–H and O–H groups in total. The molecular formula is C30H28BrClF3NO4. The fourth-order valence-electron chi connectivity index (χ4n) is 3.82. The summed E-state index contributed by atoms with van der Waals surface area (Å²) in [5, 5.41) is 2.59. The molecule has 0 saturated carbocycles. The van der Waals surface area contributed by atoms with Crippen LogP contribution in [0, 0.1) is 11.2 Å². The average molecular weight is 639 g/mol. The molecule has 1 amide bonds. The van der Waals surface area contributed by atoms with E-state index in [0.717, 1.165) is 10.5 Å². The van der Waals surface area contributed by atoms with Crippen molar-refractivity contribution in [1.82, 2.24) is 0 Å². The molecule has 0 aliphatic heterocycles. The Balaban J connectivity index is 1.87. The highest BCUT2D eigenvalue weighted by atomic mass is 79.9. The molecule has 0 heterocycles. The molecule has 212 valence electrons. The molecule has 0 atom stereocenters. The van der Waals surface area contributed by atoms with Crippen LogP contribution in [0.15, 0.2) is 59.1 Å². The first-order valence-corrected chi connectivity index (χ1v) is 13.6. The Morgan fingerprint density at radius 1 is 1.02 bits per heavy atom. The van der Waals surface area contributed by atoms with Gasteiger partial charge in [0.25, 0.3) is 12.3 Å². The molecule has 0 aliphatic carbocycles. The van der Waals surface area contributed by atoms with E-state index < -0.39 is 36.0 Å². The SMILES string of the molecule is CC(C)(C)C(=O)CCc1ccc(F)c(C(=O)Cc2ccc(OCC(F)F)c(C(=O)Nc3ccc(Br)cc3)c2)c1Cl. The van der Waals surface area contributed by atoms with Crippen molar-refractivity contribution in [3.63, 3.8) is 0 Å². The van der Waals surface area contributed by atoms with Gasteiger partial charge in [-0.2, -0.15) is 0 Å². The number of hydrogen-bond donors (Lipinski definition) is 1. The Kier molecular flexibility index (Phi) is 10.6. The molecule has 0 bridgehead atoms. The molecule has 0 radical (unpaired) electrons. The Morgan fingerprint density at radius 3 is 2.33 bits per heavy atom. The summed E-state index contributed by atoms with van der Waals surface area (Å²) in [7, 11) is 0. The van der Waals surface area contributed by atoms with E-state index in [4.69, 9.17) is 16.3 Å². The highest BCUT2D eigenvalue weighted by Crippen LogP contribution is 2.29. The number of ketones is 2. The van der Waals surface area contributed by atoms with Crippen LogP contribution in [0.25, 0.3) is 0 Å². The number of Topliss-reactive ketones (excluding diaryl/α,β-unsaturated/α-hetero) is 2. The molecule has 0 saturated heterocycles. The smallest absolute Gasteiger partial charge is 0.272 e. The summed E-state index contributed by atoms with van der Waals surface area (Å²) in [6.07, 6.45) is -2.67. The summed E-state index contributed by atoms with van der Waals surface area (Å²) in [6, 6.07) is 13.4. The lowest BCUT2D eigenvalue weighted by molar-refractivity contribution is -0.126. The van der Waals surface area contributed by atoms with Crippen LogP contribution in [0.1, 0.15) is 59.0 Å². The normalized spacial score (nSPS) is 11.4. The first-order valence-electron chi connectivity index (χ1n) is 12.4. The second kappa shape index (κ2) is 13.5. The predicted molar refractivity (Wildman–Crippen MR) is 152 cm³/mol. The van der Waals surface area contributed by atoms with Crippen LogP contribution in [0.2, 0.25) is 5.02 Å². The average Bonchev–Trinajstić information content (AvgIpc) is 2.88. The maximum atomic E-state index is 14.8. The van der Waals surface area contributed by atoms with Crippen molar-refractivity contribution in [3.8, 4) is 5.75 Å². The molecule has 0 spiro atoms. The second-order valence-corrected chi connectivity index (χ2v) is 11.5. The largest absolute Gasteiger partial charge is 0.487 e. The highest BCUT2D eigenvalue weighted by molar-refractivity contribution is 9.10. The van der Waals surface area contributed by atoms with Crippen molar-refractivity contribution in [3.05, 3.63) is 92.2 Å². The van der Waals surface area contributed by atoms with Gasteiger partial charge in [0.2, 0.25) is 0 Å². The van der Waals surface area contributed by atoms with E-state index in [1.807, 2.05) is 0 Å². The van der Waals surface area contributed by atoms with Gasteiger partial charge < -0.3 is 10.1 Å². The number of aryl methyl sites for hydroxylation is 1. The summed E-state index contributed by atoms with van der Waals surface area (Å²) in [4.78, 5) is 38.6. The van der Waals surface area contributed by atoms with Crippen molar-refractivity contribution >= 4 is 50.7 Å². The van der Waals surface area contributed by atoms with Crippen molar-refractivity contribution in [2.24, 2.45) is 5.41 Å². The van der Waals surface area contributed by atoms with Crippen molar-refractivity contribution in [1.29, 1.82) is 0 Å². The fourth-order valence-corrected chi connectivity index (χ4v) is 4.43. The third-order valence-corrected chi connectivity index (χ3v) is 6.99. The number of alkyl halides is 2. The fraction of sp³-hybridized carbons (Fsp3) is 0.300.